The van der Waals surface area contributed by atoms with Crippen molar-refractivity contribution in [2.24, 2.45) is 0 Å². The average molecular weight is 321 g/mol. The zero-order valence-electron chi connectivity index (χ0n) is 13.3. The van der Waals surface area contributed by atoms with E-state index >= 15 is 0 Å². The fraction of sp³-hybridized carbons (Fsp3) is 0.278. The van der Waals surface area contributed by atoms with Crippen molar-refractivity contribution in [3.8, 4) is 0 Å². The van der Waals surface area contributed by atoms with Gasteiger partial charge in [0.05, 0.1) is 17.4 Å². The third kappa shape index (κ3) is 2.95. The van der Waals surface area contributed by atoms with Crippen molar-refractivity contribution in [3.63, 3.8) is 0 Å². The van der Waals surface area contributed by atoms with E-state index in [1.165, 1.54) is 0 Å². The first-order valence-corrected chi connectivity index (χ1v) is 8.19. The number of anilines is 1. The summed E-state index contributed by atoms with van der Waals surface area (Å²) in [7, 11) is 0. The second-order valence-corrected chi connectivity index (χ2v) is 6.08. The van der Waals surface area contributed by atoms with Crippen LogP contribution in [0.5, 0.6) is 0 Å². The first kappa shape index (κ1) is 14.7. The SMILES string of the molecule is O=C(N[C@H]1CCCN(c2ccccn2)C1)c1ccc2nc[nH]c2c1. The molecule has 2 N–H and O–H groups in total. The maximum atomic E-state index is 12.5. The number of hydrogen-bond donors (Lipinski definition) is 2. The molecule has 6 heteroatoms. The van der Waals surface area contributed by atoms with Gasteiger partial charge in [0.2, 0.25) is 0 Å². The molecule has 1 aliphatic rings. The molecular formula is C18H19N5O. The van der Waals surface area contributed by atoms with E-state index in [1.807, 2.05) is 36.4 Å². The molecule has 0 radical (unpaired) electrons. The molecule has 1 atom stereocenters. The van der Waals surface area contributed by atoms with E-state index in [0.717, 1.165) is 42.8 Å². The van der Waals surface area contributed by atoms with Crippen LogP contribution in [0.4, 0.5) is 5.82 Å². The van der Waals surface area contributed by atoms with Gasteiger partial charge in [0, 0.05) is 30.9 Å². The van der Waals surface area contributed by atoms with Crippen molar-refractivity contribution in [1.82, 2.24) is 20.3 Å². The lowest BCUT2D eigenvalue weighted by molar-refractivity contribution is 0.0933. The van der Waals surface area contributed by atoms with Gasteiger partial charge in [-0.25, -0.2) is 9.97 Å². The van der Waals surface area contributed by atoms with Crippen molar-refractivity contribution in [2.75, 3.05) is 18.0 Å². The summed E-state index contributed by atoms with van der Waals surface area (Å²) in [4.78, 5) is 26.4. The zero-order chi connectivity index (χ0) is 16.4. The minimum absolute atomic E-state index is 0.0422. The van der Waals surface area contributed by atoms with Crippen molar-refractivity contribution in [1.29, 1.82) is 0 Å². The molecule has 0 bridgehead atoms. The van der Waals surface area contributed by atoms with Gasteiger partial charge in [-0.2, -0.15) is 0 Å². The summed E-state index contributed by atoms with van der Waals surface area (Å²) >= 11 is 0. The fourth-order valence-corrected chi connectivity index (χ4v) is 3.19. The summed E-state index contributed by atoms with van der Waals surface area (Å²) in [6.45, 7) is 1.76. The Bertz CT molecular complexity index is 845. The van der Waals surface area contributed by atoms with Crippen LogP contribution < -0.4 is 10.2 Å². The van der Waals surface area contributed by atoms with Crippen LogP contribution in [-0.2, 0) is 0 Å². The largest absolute Gasteiger partial charge is 0.355 e. The molecule has 0 spiro atoms. The van der Waals surface area contributed by atoms with Crippen molar-refractivity contribution in [2.45, 2.75) is 18.9 Å². The molecule has 0 unspecified atom stereocenters. The Kier molecular flexibility index (Phi) is 3.86. The lowest BCUT2D eigenvalue weighted by atomic mass is 10.0. The molecular weight excluding hydrogens is 302 g/mol. The van der Waals surface area contributed by atoms with Gasteiger partial charge in [-0.05, 0) is 43.2 Å². The Morgan fingerprint density at radius 3 is 3.08 bits per heavy atom. The highest BCUT2D eigenvalue weighted by Crippen LogP contribution is 2.18. The second kappa shape index (κ2) is 6.31. The number of pyridine rings is 1. The Balaban J connectivity index is 1.45. The number of carbonyl (C=O) groups is 1. The van der Waals surface area contributed by atoms with Gasteiger partial charge in [0.15, 0.2) is 0 Å². The highest BCUT2D eigenvalue weighted by atomic mass is 16.1. The van der Waals surface area contributed by atoms with E-state index in [4.69, 9.17) is 0 Å². The summed E-state index contributed by atoms with van der Waals surface area (Å²) in [5.74, 6) is 0.926. The third-order valence-electron chi connectivity index (χ3n) is 4.41. The lowest BCUT2D eigenvalue weighted by Gasteiger charge is -2.34. The molecule has 1 saturated heterocycles. The quantitative estimate of drug-likeness (QED) is 0.776. The number of rotatable bonds is 3. The monoisotopic (exact) mass is 321 g/mol. The molecule has 1 aliphatic heterocycles. The molecule has 0 aliphatic carbocycles. The molecule has 4 rings (SSSR count). The number of aromatic nitrogens is 3. The van der Waals surface area contributed by atoms with Gasteiger partial charge in [-0.3, -0.25) is 4.79 Å². The molecule has 1 aromatic carbocycles. The minimum Gasteiger partial charge on any atom is -0.355 e. The van der Waals surface area contributed by atoms with Crippen LogP contribution >= 0.6 is 0 Å². The first-order valence-electron chi connectivity index (χ1n) is 8.19. The van der Waals surface area contributed by atoms with E-state index in [-0.39, 0.29) is 11.9 Å². The highest BCUT2D eigenvalue weighted by Gasteiger charge is 2.22. The summed E-state index contributed by atoms with van der Waals surface area (Å²) in [5.41, 5.74) is 2.40. The summed E-state index contributed by atoms with van der Waals surface area (Å²) in [6.07, 6.45) is 5.47. The minimum atomic E-state index is -0.0422. The predicted octanol–water partition coefficient (Wildman–Crippen LogP) is 2.36. The van der Waals surface area contributed by atoms with Crippen LogP contribution in [0.2, 0.25) is 0 Å². The highest BCUT2D eigenvalue weighted by molar-refractivity contribution is 5.97. The number of nitrogens with zero attached hydrogens (tertiary/aromatic N) is 3. The van der Waals surface area contributed by atoms with Gasteiger partial charge in [0.1, 0.15) is 5.82 Å². The number of piperidine rings is 1. The maximum absolute atomic E-state index is 12.5. The number of hydrogen-bond acceptors (Lipinski definition) is 4. The number of aromatic amines is 1. The molecule has 3 aromatic rings. The van der Waals surface area contributed by atoms with E-state index in [0.29, 0.717) is 5.56 Å². The number of benzene rings is 1. The Morgan fingerprint density at radius 2 is 2.21 bits per heavy atom. The molecule has 3 heterocycles. The topological polar surface area (TPSA) is 73.9 Å². The molecule has 1 amide bonds. The Morgan fingerprint density at radius 1 is 1.25 bits per heavy atom. The van der Waals surface area contributed by atoms with E-state index in [1.54, 1.807) is 12.5 Å². The number of amides is 1. The van der Waals surface area contributed by atoms with Gasteiger partial charge in [0.25, 0.3) is 5.91 Å². The lowest BCUT2D eigenvalue weighted by Crippen LogP contribution is -2.48. The van der Waals surface area contributed by atoms with E-state index < -0.39 is 0 Å². The molecule has 2 aromatic heterocycles. The van der Waals surface area contributed by atoms with Crippen LogP contribution in [0.25, 0.3) is 11.0 Å². The first-order chi connectivity index (χ1) is 11.8. The van der Waals surface area contributed by atoms with Gasteiger partial charge in [-0.1, -0.05) is 6.07 Å². The number of nitrogens with one attached hydrogen (secondary N) is 2. The van der Waals surface area contributed by atoms with E-state index in [9.17, 15) is 4.79 Å². The van der Waals surface area contributed by atoms with E-state index in [2.05, 4.69) is 25.2 Å². The van der Waals surface area contributed by atoms with Crippen LogP contribution in [-0.4, -0.2) is 40.0 Å². The standard InChI is InChI=1S/C18H19N5O/c24-18(13-6-7-15-16(10-13)21-12-20-15)22-14-4-3-9-23(11-14)17-5-1-2-8-19-17/h1-2,5-8,10,12,14H,3-4,9,11H2,(H,20,21)(H,22,24)/t14-/m0/s1. The zero-order valence-corrected chi connectivity index (χ0v) is 13.3. The number of imidazole rings is 1. The Hall–Kier alpha value is -2.89. The van der Waals surface area contributed by atoms with Crippen LogP contribution in [0.1, 0.15) is 23.2 Å². The number of carbonyl (C=O) groups excluding carboxylic acids is 1. The summed E-state index contributed by atoms with van der Waals surface area (Å²) < 4.78 is 0. The smallest absolute Gasteiger partial charge is 0.251 e. The van der Waals surface area contributed by atoms with Crippen LogP contribution in [0, 0.1) is 0 Å². The predicted molar refractivity (Wildman–Crippen MR) is 93.0 cm³/mol. The molecule has 122 valence electrons. The third-order valence-corrected chi connectivity index (χ3v) is 4.41. The maximum Gasteiger partial charge on any atom is 0.251 e. The van der Waals surface area contributed by atoms with Gasteiger partial charge < -0.3 is 15.2 Å². The van der Waals surface area contributed by atoms with Gasteiger partial charge in [-0.15, -0.1) is 0 Å². The number of H-pyrrole nitrogens is 1. The van der Waals surface area contributed by atoms with Gasteiger partial charge >= 0.3 is 0 Å². The fourth-order valence-electron chi connectivity index (χ4n) is 3.19. The average Bonchev–Trinajstić information content (AvgIpc) is 3.10. The molecule has 24 heavy (non-hydrogen) atoms. The normalized spacial score (nSPS) is 17.8. The van der Waals surface area contributed by atoms with Crippen molar-refractivity contribution < 1.29 is 4.79 Å². The molecule has 0 saturated carbocycles. The van der Waals surface area contributed by atoms with Crippen molar-refractivity contribution >= 4 is 22.8 Å². The number of fused-ring (bicyclic) bond motifs is 1. The Labute approximate surface area is 139 Å². The molecule has 1 fully saturated rings. The van der Waals surface area contributed by atoms with Crippen molar-refractivity contribution in [3.05, 3.63) is 54.5 Å². The second-order valence-electron chi connectivity index (χ2n) is 6.08. The van der Waals surface area contributed by atoms with Crippen LogP contribution in [0.15, 0.2) is 48.9 Å². The van der Waals surface area contributed by atoms with Crippen LogP contribution in [0.3, 0.4) is 0 Å². The summed E-state index contributed by atoms with van der Waals surface area (Å²) in [6, 6.07) is 11.6. The summed E-state index contributed by atoms with van der Waals surface area (Å²) in [5, 5.41) is 3.15. The molecule has 6 nitrogen and oxygen atoms in total.